The summed E-state index contributed by atoms with van der Waals surface area (Å²) in [6, 6.07) is 0.131. The Kier molecular flexibility index (Phi) is 3.61. The van der Waals surface area contributed by atoms with E-state index in [1.807, 2.05) is 4.90 Å². The minimum absolute atomic E-state index is 0.131. The Hall–Kier alpha value is -0.393. The molecule has 1 amide bonds. The Morgan fingerprint density at radius 2 is 1.79 bits per heavy atom. The number of hydrogen-bond acceptors (Lipinski definition) is 3. The van der Waals surface area contributed by atoms with Gasteiger partial charge in [0.25, 0.3) is 0 Å². The summed E-state index contributed by atoms with van der Waals surface area (Å²) in [5.41, 5.74) is 0.377. The Bertz CT molecular complexity index is 377. The molecule has 0 spiro atoms. The molecule has 2 aliphatic heterocycles. The molecule has 19 heavy (non-hydrogen) atoms. The molecule has 2 heterocycles. The highest BCUT2D eigenvalue weighted by atomic mass is 28.3. The van der Waals surface area contributed by atoms with Crippen molar-refractivity contribution in [2.75, 3.05) is 6.54 Å². The van der Waals surface area contributed by atoms with E-state index in [0.717, 1.165) is 0 Å². The topological polar surface area (TPSA) is 60.8 Å². The Labute approximate surface area is 116 Å². The third kappa shape index (κ3) is 2.36. The summed E-state index contributed by atoms with van der Waals surface area (Å²) in [4.78, 5) is 14.0. The smallest absolute Gasteiger partial charge is 0.222 e. The van der Waals surface area contributed by atoms with Crippen molar-refractivity contribution in [2.24, 2.45) is 0 Å². The van der Waals surface area contributed by atoms with E-state index in [4.69, 9.17) is 0 Å². The highest BCUT2D eigenvalue weighted by molar-refractivity contribution is 6.82. The maximum absolute atomic E-state index is 12.2. The van der Waals surface area contributed by atoms with Crippen LogP contribution in [0.1, 0.15) is 33.6 Å². The second-order valence-corrected chi connectivity index (χ2v) is 13.5. The molecule has 0 aromatic heterocycles. The zero-order valence-corrected chi connectivity index (χ0v) is 13.7. The first-order chi connectivity index (χ1) is 8.55. The van der Waals surface area contributed by atoms with Crippen molar-refractivity contribution in [1.29, 1.82) is 0 Å². The number of nitrogens with zero attached hydrogens (tertiary/aromatic N) is 1. The average molecular weight is 285 g/mol. The standard InChI is InChI=1S/C14H27NO3Si/c1-14(2,3)19(4,5)12-7-13(18)15-8-11(17)10(16)6-9(12)15/h9-12,16-17H,6-8H2,1-5H3/t9-,10+,11-,12-/m1/s1. The van der Waals surface area contributed by atoms with E-state index in [0.29, 0.717) is 24.9 Å². The van der Waals surface area contributed by atoms with Gasteiger partial charge >= 0.3 is 0 Å². The average Bonchev–Trinajstić information content (AvgIpc) is 2.56. The number of fused-ring (bicyclic) bond motifs is 1. The number of amides is 1. The molecule has 4 nitrogen and oxygen atoms in total. The monoisotopic (exact) mass is 285 g/mol. The molecule has 5 heteroatoms. The van der Waals surface area contributed by atoms with Gasteiger partial charge in [0.15, 0.2) is 0 Å². The van der Waals surface area contributed by atoms with E-state index in [1.165, 1.54) is 0 Å². The number of carbonyl (C=O) groups is 1. The van der Waals surface area contributed by atoms with E-state index in [-0.39, 0.29) is 17.0 Å². The van der Waals surface area contributed by atoms with Crippen LogP contribution in [0.2, 0.25) is 23.7 Å². The molecular formula is C14H27NO3Si. The van der Waals surface area contributed by atoms with Crippen molar-refractivity contribution in [1.82, 2.24) is 4.90 Å². The summed E-state index contributed by atoms with van der Waals surface area (Å²) in [6.07, 6.45) is -0.331. The summed E-state index contributed by atoms with van der Waals surface area (Å²) in [7, 11) is -1.63. The fraction of sp³-hybridized carbons (Fsp3) is 0.929. The molecule has 0 saturated carbocycles. The maximum Gasteiger partial charge on any atom is 0.222 e. The van der Waals surface area contributed by atoms with Gasteiger partial charge in [-0.3, -0.25) is 4.79 Å². The van der Waals surface area contributed by atoms with E-state index in [9.17, 15) is 15.0 Å². The molecule has 2 rings (SSSR count). The summed E-state index contributed by atoms with van der Waals surface area (Å²) in [6.45, 7) is 11.8. The van der Waals surface area contributed by atoms with E-state index in [2.05, 4.69) is 33.9 Å². The second kappa shape index (κ2) is 4.57. The summed E-state index contributed by atoms with van der Waals surface area (Å²) in [5.74, 6) is 0.158. The molecule has 0 aromatic rings. The van der Waals surface area contributed by atoms with Gasteiger partial charge < -0.3 is 15.1 Å². The fourth-order valence-corrected chi connectivity index (χ4v) is 6.47. The largest absolute Gasteiger partial charge is 0.390 e. The minimum Gasteiger partial charge on any atom is -0.390 e. The summed E-state index contributed by atoms with van der Waals surface area (Å²) >= 11 is 0. The van der Waals surface area contributed by atoms with Crippen LogP contribution in [0.25, 0.3) is 0 Å². The Balaban J connectivity index is 2.27. The summed E-state index contributed by atoms with van der Waals surface area (Å²) < 4.78 is 0. The third-order valence-corrected chi connectivity index (χ3v) is 12.1. The van der Waals surface area contributed by atoms with Gasteiger partial charge in [-0.15, -0.1) is 0 Å². The van der Waals surface area contributed by atoms with Crippen molar-refractivity contribution >= 4 is 14.0 Å². The molecule has 2 aliphatic rings. The molecule has 0 unspecified atom stereocenters. The Morgan fingerprint density at radius 1 is 1.21 bits per heavy atom. The van der Waals surface area contributed by atoms with Gasteiger partial charge in [-0.2, -0.15) is 0 Å². The van der Waals surface area contributed by atoms with Crippen LogP contribution >= 0.6 is 0 Å². The molecule has 110 valence electrons. The first kappa shape index (κ1) is 15.0. The molecule has 2 fully saturated rings. The molecule has 0 radical (unpaired) electrons. The van der Waals surface area contributed by atoms with Gasteiger partial charge in [0.05, 0.1) is 20.3 Å². The van der Waals surface area contributed by atoms with Crippen LogP contribution in [0.4, 0.5) is 0 Å². The molecule has 0 bridgehead atoms. The number of aliphatic hydroxyl groups is 2. The normalized spacial score (nSPS) is 36.6. The van der Waals surface area contributed by atoms with Crippen molar-refractivity contribution < 1.29 is 15.0 Å². The first-order valence-corrected chi connectivity index (χ1v) is 10.3. The van der Waals surface area contributed by atoms with Gasteiger partial charge in [-0.05, 0) is 17.0 Å². The quantitative estimate of drug-likeness (QED) is 0.719. The number of aliphatic hydroxyl groups excluding tert-OH is 2. The van der Waals surface area contributed by atoms with Crippen LogP contribution in [-0.4, -0.2) is 53.9 Å². The highest BCUT2D eigenvalue weighted by Gasteiger charge is 2.54. The predicted octanol–water partition coefficient (Wildman–Crippen LogP) is 1.59. The first-order valence-electron chi connectivity index (χ1n) is 7.21. The van der Waals surface area contributed by atoms with Crippen molar-refractivity contribution in [2.45, 2.75) is 75.5 Å². The van der Waals surface area contributed by atoms with E-state index >= 15 is 0 Å². The zero-order chi connectivity index (χ0) is 14.6. The lowest BCUT2D eigenvalue weighted by Gasteiger charge is -2.47. The molecular weight excluding hydrogens is 258 g/mol. The fourth-order valence-electron chi connectivity index (χ4n) is 3.39. The van der Waals surface area contributed by atoms with Gasteiger partial charge in [0.1, 0.15) is 0 Å². The van der Waals surface area contributed by atoms with Crippen LogP contribution < -0.4 is 0 Å². The number of hydrogen-bond donors (Lipinski definition) is 2. The molecule has 0 aliphatic carbocycles. The van der Waals surface area contributed by atoms with Crippen LogP contribution in [0.5, 0.6) is 0 Å². The van der Waals surface area contributed by atoms with Gasteiger partial charge in [-0.25, -0.2) is 0 Å². The van der Waals surface area contributed by atoms with Crippen molar-refractivity contribution in [3.8, 4) is 0 Å². The van der Waals surface area contributed by atoms with Gasteiger partial charge in [0, 0.05) is 19.0 Å². The van der Waals surface area contributed by atoms with Crippen LogP contribution in [0, 0.1) is 0 Å². The number of carbonyl (C=O) groups excluding carboxylic acids is 1. The van der Waals surface area contributed by atoms with Gasteiger partial charge in [-0.1, -0.05) is 33.9 Å². The van der Waals surface area contributed by atoms with Gasteiger partial charge in [0.2, 0.25) is 5.91 Å². The van der Waals surface area contributed by atoms with Crippen LogP contribution in [0.3, 0.4) is 0 Å². The van der Waals surface area contributed by atoms with Crippen molar-refractivity contribution in [3.05, 3.63) is 0 Å². The highest BCUT2D eigenvalue weighted by Crippen LogP contribution is 2.51. The summed E-state index contributed by atoms with van der Waals surface area (Å²) in [5, 5.41) is 19.9. The second-order valence-electron chi connectivity index (χ2n) is 7.77. The van der Waals surface area contributed by atoms with E-state index < -0.39 is 20.3 Å². The Morgan fingerprint density at radius 3 is 2.32 bits per heavy atom. The third-order valence-electron chi connectivity index (χ3n) is 5.75. The lowest BCUT2D eigenvalue weighted by molar-refractivity contribution is -0.135. The van der Waals surface area contributed by atoms with E-state index in [1.54, 1.807) is 0 Å². The van der Waals surface area contributed by atoms with Crippen LogP contribution in [0.15, 0.2) is 0 Å². The lowest BCUT2D eigenvalue weighted by atomic mass is 9.97. The molecule has 4 atom stereocenters. The SMILES string of the molecule is CC(C)(C)[Si](C)(C)[C@@H]1CC(=O)N2C[C@@H](O)[C@@H](O)C[C@H]12. The zero-order valence-electron chi connectivity index (χ0n) is 12.7. The predicted molar refractivity (Wildman–Crippen MR) is 77.7 cm³/mol. The lowest BCUT2D eigenvalue weighted by Crippen LogP contribution is -2.55. The molecule has 0 aromatic carbocycles. The minimum atomic E-state index is -1.63. The molecule has 2 N–H and O–H groups in total. The maximum atomic E-state index is 12.2. The van der Waals surface area contributed by atoms with Crippen molar-refractivity contribution in [3.63, 3.8) is 0 Å². The molecule has 2 saturated heterocycles. The number of rotatable bonds is 1. The van der Waals surface area contributed by atoms with Crippen LogP contribution in [-0.2, 0) is 4.79 Å². The number of piperidine rings is 1.